The van der Waals surface area contributed by atoms with Crippen molar-refractivity contribution >= 4 is 12.0 Å². The molecular formula is C16H22N2O2. The Morgan fingerprint density at radius 1 is 1.45 bits per heavy atom. The maximum absolute atomic E-state index is 12.1. The van der Waals surface area contributed by atoms with E-state index < -0.39 is 0 Å². The smallest absolute Gasteiger partial charge is 0.246 e. The maximum Gasteiger partial charge on any atom is 0.246 e. The molecule has 20 heavy (non-hydrogen) atoms. The summed E-state index contributed by atoms with van der Waals surface area (Å²) in [6.45, 7) is 7.12. The van der Waals surface area contributed by atoms with Crippen molar-refractivity contribution in [3.63, 3.8) is 0 Å². The van der Waals surface area contributed by atoms with Crippen molar-refractivity contribution in [1.82, 2.24) is 10.2 Å². The van der Waals surface area contributed by atoms with Gasteiger partial charge in [-0.05, 0) is 37.6 Å². The Balaban J connectivity index is 1.92. The summed E-state index contributed by atoms with van der Waals surface area (Å²) in [5.41, 5.74) is 1.00. The second kappa shape index (κ2) is 7.10. The molecule has 1 aliphatic rings. The van der Waals surface area contributed by atoms with Gasteiger partial charge in [-0.2, -0.15) is 0 Å². The molecule has 1 heterocycles. The van der Waals surface area contributed by atoms with E-state index in [1.54, 1.807) is 6.08 Å². The second-order valence-electron chi connectivity index (χ2n) is 4.97. The largest absolute Gasteiger partial charge is 0.494 e. The van der Waals surface area contributed by atoms with Crippen LogP contribution in [0.4, 0.5) is 0 Å². The number of nitrogens with one attached hydrogen (secondary N) is 1. The third kappa shape index (κ3) is 4.10. The Hall–Kier alpha value is -1.81. The highest BCUT2D eigenvalue weighted by Crippen LogP contribution is 2.13. The summed E-state index contributed by atoms with van der Waals surface area (Å²) < 4.78 is 5.39. The van der Waals surface area contributed by atoms with E-state index in [1.807, 2.05) is 42.2 Å². The Kier molecular flexibility index (Phi) is 5.18. The number of benzene rings is 1. The second-order valence-corrected chi connectivity index (χ2v) is 4.97. The van der Waals surface area contributed by atoms with Gasteiger partial charge in [0.1, 0.15) is 5.75 Å². The summed E-state index contributed by atoms with van der Waals surface area (Å²) in [7, 11) is 0. The fraction of sp³-hybridized carbons (Fsp3) is 0.438. The Labute approximate surface area is 120 Å². The van der Waals surface area contributed by atoms with Crippen LogP contribution in [-0.4, -0.2) is 43.1 Å². The molecule has 4 heteroatoms. The highest BCUT2D eigenvalue weighted by atomic mass is 16.5. The van der Waals surface area contributed by atoms with Crippen LogP contribution in [0, 0.1) is 0 Å². The van der Waals surface area contributed by atoms with Gasteiger partial charge in [-0.15, -0.1) is 0 Å². The van der Waals surface area contributed by atoms with Crippen molar-refractivity contribution in [2.75, 3.05) is 26.2 Å². The molecule has 0 spiro atoms. The van der Waals surface area contributed by atoms with Crippen LogP contribution in [0.25, 0.3) is 6.08 Å². The lowest BCUT2D eigenvalue weighted by Crippen LogP contribution is -2.50. The number of hydrogen-bond acceptors (Lipinski definition) is 3. The van der Waals surface area contributed by atoms with Crippen LogP contribution in [-0.2, 0) is 4.79 Å². The molecule has 0 aliphatic carbocycles. The molecule has 1 aromatic rings. The van der Waals surface area contributed by atoms with E-state index in [2.05, 4.69) is 12.2 Å². The number of carbonyl (C=O) groups is 1. The van der Waals surface area contributed by atoms with Crippen molar-refractivity contribution in [2.45, 2.75) is 19.9 Å². The molecular weight excluding hydrogens is 252 g/mol. The van der Waals surface area contributed by atoms with E-state index in [0.717, 1.165) is 30.9 Å². The normalized spacial score (nSPS) is 19.3. The summed E-state index contributed by atoms with van der Waals surface area (Å²) in [6.07, 6.45) is 3.50. The molecule has 0 saturated carbocycles. The molecule has 108 valence electrons. The van der Waals surface area contributed by atoms with Gasteiger partial charge in [0, 0.05) is 31.8 Å². The van der Waals surface area contributed by atoms with E-state index in [-0.39, 0.29) is 5.91 Å². The molecule has 1 amide bonds. The average molecular weight is 274 g/mol. The predicted octanol–water partition coefficient (Wildman–Crippen LogP) is 1.92. The lowest BCUT2D eigenvalue weighted by Gasteiger charge is -2.31. The first-order valence-electron chi connectivity index (χ1n) is 7.12. The number of ether oxygens (including phenoxy) is 1. The van der Waals surface area contributed by atoms with Gasteiger partial charge in [0.05, 0.1) is 6.61 Å². The lowest BCUT2D eigenvalue weighted by atomic mass is 10.2. The van der Waals surface area contributed by atoms with E-state index >= 15 is 0 Å². The first kappa shape index (κ1) is 14.6. The number of amides is 1. The summed E-state index contributed by atoms with van der Waals surface area (Å²) in [6, 6.07) is 8.11. The molecule has 0 bridgehead atoms. The van der Waals surface area contributed by atoms with E-state index in [0.29, 0.717) is 12.6 Å². The van der Waals surface area contributed by atoms with Crippen molar-refractivity contribution < 1.29 is 9.53 Å². The zero-order chi connectivity index (χ0) is 14.4. The number of nitrogens with zero attached hydrogens (tertiary/aromatic N) is 1. The lowest BCUT2D eigenvalue weighted by molar-refractivity contribution is -0.127. The zero-order valence-corrected chi connectivity index (χ0v) is 12.1. The molecule has 1 N–H and O–H groups in total. The third-order valence-electron chi connectivity index (χ3n) is 3.29. The Morgan fingerprint density at radius 3 is 2.85 bits per heavy atom. The molecule has 1 saturated heterocycles. The molecule has 1 unspecified atom stereocenters. The predicted molar refractivity (Wildman–Crippen MR) is 80.7 cm³/mol. The molecule has 1 atom stereocenters. The molecule has 2 rings (SSSR count). The Bertz CT molecular complexity index is 468. The summed E-state index contributed by atoms with van der Waals surface area (Å²) in [5.74, 6) is 0.930. The summed E-state index contributed by atoms with van der Waals surface area (Å²) >= 11 is 0. The monoisotopic (exact) mass is 274 g/mol. The quantitative estimate of drug-likeness (QED) is 0.853. The summed E-state index contributed by atoms with van der Waals surface area (Å²) in [5, 5.41) is 3.33. The first-order valence-corrected chi connectivity index (χ1v) is 7.12. The highest BCUT2D eigenvalue weighted by molar-refractivity contribution is 5.91. The average Bonchev–Trinajstić information content (AvgIpc) is 2.46. The standard InChI is InChI=1S/C16H22N2O2/c1-3-20-15-7-4-14(5-8-15)6-9-16(19)18-11-10-17-13(2)12-18/h4-9,13,17H,3,10-12H2,1-2H3. The van der Waals surface area contributed by atoms with Crippen molar-refractivity contribution in [3.8, 4) is 5.75 Å². The first-order chi connectivity index (χ1) is 9.69. The van der Waals surface area contributed by atoms with Crippen LogP contribution in [0.15, 0.2) is 30.3 Å². The molecule has 0 radical (unpaired) electrons. The minimum atomic E-state index is 0.0761. The van der Waals surface area contributed by atoms with Crippen molar-refractivity contribution in [3.05, 3.63) is 35.9 Å². The number of piperazine rings is 1. The molecule has 1 aliphatic heterocycles. The number of carbonyl (C=O) groups excluding carboxylic acids is 1. The van der Waals surface area contributed by atoms with Crippen LogP contribution in [0.5, 0.6) is 5.75 Å². The van der Waals surface area contributed by atoms with Gasteiger partial charge in [-0.3, -0.25) is 4.79 Å². The SMILES string of the molecule is CCOc1ccc(C=CC(=O)N2CCNC(C)C2)cc1. The Morgan fingerprint density at radius 2 is 2.20 bits per heavy atom. The van der Waals surface area contributed by atoms with E-state index in [4.69, 9.17) is 4.74 Å². The van der Waals surface area contributed by atoms with E-state index in [1.165, 1.54) is 0 Å². The van der Waals surface area contributed by atoms with Crippen molar-refractivity contribution in [2.24, 2.45) is 0 Å². The van der Waals surface area contributed by atoms with Gasteiger partial charge >= 0.3 is 0 Å². The van der Waals surface area contributed by atoms with Crippen LogP contribution in [0.3, 0.4) is 0 Å². The minimum Gasteiger partial charge on any atom is -0.494 e. The fourth-order valence-electron chi connectivity index (χ4n) is 2.25. The van der Waals surface area contributed by atoms with Gasteiger partial charge in [0.15, 0.2) is 0 Å². The van der Waals surface area contributed by atoms with Gasteiger partial charge in [0.2, 0.25) is 5.91 Å². The number of hydrogen-bond donors (Lipinski definition) is 1. The van der Waals surface area contributed by atoms with E-state index in [9.17, 15) is 4.79 Å². The van der Waals surface area contributed by atoms with Crippen LogP contribution in [0.2, 0.25) is 0 Å². The van der Waals surface area contributed by atoms with Crippen LogP contribution < -0.4 is 10.1 Å². The molecule has 1 fully saturated rings. The van der Waals surface area contributed by atoms with Crippen LogP contribution >= 0.6 is 0 Å². The molecule has 0 aromatic heterocycles. The van der Waals surface area contributed by atoms with Gasteiger partial charge in [0.25, 0.3) is 0 Å². The third-order valence-corrected chi connectivity index (χ3v) is 3.29. The highest BCUT2D eigenvalue weighted by Gasteiger charge is 2.18. The fourth-order valence-corrected chi connectivity index (χ4v) is 2.25. The molecule has 4 nitrogen and oxygen atoms in total. The van der Waals surface area contributed by atoms with Gasteiger partial charge in [-0.25, -0.2) is 0 Å². The van der Waals surface area contributed by atoms with Crippen LogP contribution in [0.1, 0.15) is 19.4 Å². The molecule has 1 aromatic carbocycles. The maximum atomic E-state index is 12.1. The summed E-state index contributed by atoms with van der Waals surface area (Å²) in [4.78, 5) is 14.0. The topological polar surface area (TPSA) is 41.6 Å². The van der Waals surface area contributed by atoms with Gasteiger partial charge in [-0.1, -0.05) is 12.1 Å². The minimum absolute atomic E-state index is 0.0761. The zero-order valence-electron chi connectivity index (χ0n) is 12.1. The number of rotatable bonds is 4. The van der Waals surface area contributed by atoms with Crippen molar-refractivity contribution in [1.29, 1.82) is 0 Å². The van der Waals surface area contributed by atoms with Gasteiger partial charge < -0.3 is 15.0 Å².